The highest BCUT2D eigenvalue weighted by Crippen LogP contribution is 2.26. The molecule has 0 atom stereocenters. The van der Waals surface area contributed by atoms with Crippen molar-refractivity contribution in [1.29, 1.82) is 0 Å². The molecule has 2 aromatic carbocycles. The Kier molecular flexibility index (Phi) is 7.00. The number of benzene rings is 2. The molecular weight excluding hydrogens is 510 g/mol. The van der Waals surface area contributed by atoms with Crippen molar-refractivity contribution in [2.75, 3.05) is 5.32 Å². The van der Waals surface area contributed by atoms with Crippen LogP contribution in [0.1, 0.15) is 21.6 Å². The summed E-state index contributed by atoms with van der Waals surface area (Å²) >= 11 is 9.58. The minimum Gasteiger partial charge on any atom is -0.471 e. The summed E-state index contributed by atoms with van der Waals surface area (Å²) in [5.41, 5.74) is 2.68. The number of anilines is 1. The summed E-state index contributed by atoms with van der Waals surface area (Å²) in [6, 6.07) is 12.8. The molecule has 0 fully saturated rings. The summed E-state index contributed by atoms with van der Waals surface area (Å²) in [6.45, 7) is 4.23. The zero-order valence-electron chi connectivity index (χ0n) is 18.0. The smallest absolute Gasteiger partial charge is 0.276 e. The van der Waals surface area contributed by atoms with Crippen molar-refractivity contribution in [3.8, 4) is 11.5 Å². The Morgan fingerprint density at radius 3 is 2.42 bits per heavy atom. The summed E-state index contributed by atoms with van der Waals surface area (Å²) in [5.74, 6) is 1.06. The van der Waals surface area contributed by atoms with Crippen molar-refractivity contribution in [1.82, 2.24) is 19.6 Å². The third-order valence-electron chi connectivity index (χ3n) is 4.71. The van der Waals surface area contributed by atoms with Crippen LogP contribution in [0.4, 0.5) is 5.69 Å². The van der Waals surface area contributed by atoms with Crippen LogP contribution in [0.15, 0.2) is 65.5 Å². The van der Waals surface area contributed by atoms with Crippen LogP contribution in [0.5, 0.6) is 11.5 Å². The van der Waals surface area contributed by atoms with Crippen LogP contribution in [0, 0.1) is 13.8 Å². The van der Waals surface area contributed by atoms with Crippen LogP contribution in [0.2, 0.25) is 5.02 Å². The van der Waals surface area contributed by atoms with Crippen molar-refractivity contribution >= 4 is 39.1 Å². The van der Waals surface area contributed by atoms with Crippen LogP contribution in [0.25, 0.3) is 0 Å². The van der Waals surface area contributed by atoms with Gasteiger partial charge in [-0.3, -0.25) is 4.79 Å². The Balaban J connectivity index is 1.30. The van der Waals surface area contributed by atoms with E-state index < -0.39 is 0 Å². The number of carbonyl (C=O) groups is 1. The molecule has 8 nitrogen and oxygen atoms in total. The summed E-state index contributed by atoms with van der Waals surface area (Å²) in [6.07, 6.45) is 4.91. The number of hydrogen-bond donors (Lipinski definition) is 1. The van der Waals surface area contributed by atoms with Gasteiger partial charge in [-0.05, 0) is 67.4 Å². The minimum absolute atomic E-state index is 0.166. The van der Waals surface area contributed by atoms with E-state index in [9.17, 15) is 4.79 Å². The molecule has 2 aromatic heterocycles. The summed E-state index contributed by atoms with van der Waals surface area (Å²) < 4.78 is 15.5. The second-order valence-electron chi connectivity index (χ2n) is 7.33. The van der Waals surface area contributed by atoms with Gasteiger partial charge in [-0.15, -0.1) is 0 Å². The molecule has 1 amide bonds. The molecule has 33 heavy (non-hydrogen) atoms. The molecule has 0 unspecified atom stereocenters. The van der Waals surface area contributed by atoms with Gasteiger partial charge >= 0.3 is 0 Å². The zero-order chi connectivity index (χ0) is 23.4. The monoisotopic (exact) mass is 529 g/mol. The number of aromatic nitrogens is 4. The van der Waals surface area contributed by atoms with Gasteiger partial charge in [-0.1, -0.05) is 27.5 Å². The molecule has 10 heteroatoms. The number of nitrogens with zero attached hydrogens (tertiary/aromatic N) is 4. The maximum atomic E-state index is 12.5. The fourth-order valence-electron chi connectivity index (χ4n) is 3.05. The third kappa shape index (κ3) is 5.94. The van der Waals surface area contributed by atoms with Gasteiger partial charge in [-0.2, -0.15) is 10.2 Å². The van der Waals surface area contributed by atoms with Gasteiger partial charge in [-0.25, -0.2) is 9.36 Å². The predicted molar refractivity (Wildman–Crippen MR) is 129 cm³/mol. The van der Waals surface area contributed by atoms with Crippen molar-refractivity contribution in [3.05, 3.63) is 87.4 Å². The van der Waals surface area contributed by atoms with Crippen LogP contribution in [0.3, 0.4) is 0 Å². The minimum atomic E-state index is -0.347. The SMILES string of the molecule is Cc1cc(OCn2ccc(C(=O)Nc3cnn(COc4ccc(Br)cc4)c3)n2)cc(C)c1Cl. The highest BCUT2D eigenvalue weighted by Gasteiger charge is 2.12. The lowest BCUT2D eigenvalue weighted by Gasteiger charge is -2.10. The molecule has 0 saturated carbocycles. The molecule has 4 rings (SSSR count). The number of amides is 1. The molecule has 0 saturated heterocycles. The first-order valence-electron chi connectivity index (χ1n) is 10.0. The number of rotatable bonds is 8. The van der Waals surface area contributed by atoms with E-state index in [4.69, 9.17) is 21.1 Å². The van der Waals surface area contributed by atoms with Crippen molar-refractivity contribution in [2.45, 2.75) is 27.3 Å². The lowest BCUT2D eigenvalue weighted by Crippen LogP contribution is -2.14. The average Bonchev–Trinajstić information content (AvgIpc) is 3.45. The molecule has 4 aromatic rings. The molecule has 0 aliphatic carbocycles. The molecular formula is C23H21BrClN5O3. The normalized spacial score (nSPS) is 10.8. The molecule has 0 spiro atoms. The van der Waals surface area contributed by atoms with Crippen LogP contribution in [-0.4, -0.2) is 25.5 Å². The predicted octanol–water partition coefficient (Wildman–Crippen LogP) is 5.44. The quantitative estimate of drug-likeness (QED) is 0.328. The van der Waals surface area contributed by atoms with Crippen molar-refractivity contribution in [2.24, 2.45) is 0 Å². The highest BCUT2D eigenvalue weighted by molar-refractivity contribution is 9.10. The Morgan fingerprint density at radius 1 is 1.03 bits per heavy atom. The number of carbonyl (C=O) groups excluding carboxylic acids is 1. The van der Waals surface area contributed by atoms with Gasteiger partial charge in [0.25, 0.3) is 5.91 Å². The maximum Gasteiger partial charge on any atom is 0.276 e. The van der Waals surface area contributed by atoms with E-state index in [1.54, 1.807) is 34.0 Å². The van der Waals surface area contributed by atoms with E-state index in [0.29, 0.717) is 11.4 Å². The lowest BCUT2D eigenvalue weighted by atomic mass is 10.1. The number of nitrogens with one attached hydrogen (secondary N) is 1. The lowest BCUT2D eigenvalue weighted by molar-refractivity contribution is 0.102. The first-order valence-corrected chi connectivity index (χ1v) is 11.2. The Labute approximate surface area is 204 Å². The first-order chi connectivity index (χ1) is 15.9. The van der Waals surface area contributed by atoms with Crippen LogP contribution in [-0.2, 0) is 13.5 Å². The fraction of sp³-hybridized carbons (Fsp3) is 0.174. The van der Waals surface area contributed by atoms with Gasteiger partial charge in [0.2, 0.25) is 0 Å². The fourth-order valence-corrected chi connectivity index (χ4v) is 3.42. The topological polar surface area (TPSA) is 83.2 Å². The molecule has 0 radical (unpaired) electrons. The standard InChI is InChI=1S/C23H21BrClN5O3/c1-15-9-20(10-16(2)22(15)25)33-13-29-8-7-21(28-29)23(31)27-18-11-26-30(12-18)14-32-19-5-3-17(24)4-6-19/h3-12H,13-14H2,1-2H3,(H,27,31). The van der Waals surface area contributed by atoms with E-state index >= 15 is 0 Å². The highest BCUT2D eigenvalue weighted by atomic mass is 79.9. The zero-order valence-corrected chi connectivity index (χ0v) is 20.3. The number of ether oxygens (including phenoxy) is 2. The molecule has 0 aliphatic heterocycles. The van der Waals surface area contributed by atoms with E-state index in [1.165, 1.54) is 0 Å². The number of aryl methyl sites for hydroxylation is 2. The van der Waals surface area contributed by atoms with Gasteiger partial charge < -0.3 is 14.8 Å². The number of hydrogen-bond acceptors (Lipinski definition) is 5. The van der Waals surface area contributed by atoms with E-state index in [-0.39, 0.29) is 25.1 Å². The average molecular weight is 531 g/mol. The van der Waals surface area contributed by atoms with E-state index in [0.717, 1.165) is 26.4 Å². The maximum absolute atomic E-state index is 12.5. The summed E-state index contributed by atoms with van der Waals surface area (Å²) in [7, 11) is 0. The van der Waals surface area contributed by atoms with Gasteiger partial charge in [0.05, 0.1) is 18.1 Å². The Bertz CT molecular complexity index is 1250. The largest absolute Gasteiger partial charge is 0.471 e. The van der Waals surface area contributed by atoms with E-state index in [1.807, 2.05) is 50.2 Å². The molecule has 2 heterocycles. The summed E-state index contributed by atoms with van der Waals surface area (Å²) in [4.78, 5) is 12.5. The number of halogens is 2. The first kappa shape index (κ1) is 22.9. The Morgan fingerprint density at radius 2 is 1.70 bits per heavy atom. The van der Waals surface area contributed by atoms with Gasteiger partial charge in [0.15, 0.2) is 19.2 Å². The van der Waals surface area contributed by atoms with Crippen molar-refractivity contribution < 1.29 is 14.3 Å². The molecule has 0 bridgehead atoms. The van der Waals surface area contributed by atoms with E-state index in [2.05, 4.69) is 31.4 Å². The van der Waals surface area contributed by atoms with Gasteiger partial charge in [0, 0.05) is 15.7 Å². The van der Waals surface area contributed by atoms with Crippen molar-refractivity contribution in [3.63, 3.8) is 0 Å². The second kappa shape index (κ2) is 10.1. The second-order valence-corrected chi connectivity index (χ2v) is 8.63. The van der Waals surface area contributed by atoms with Gasteiger partial charge in [0.1, 0.15) is 11.5 Å². The molecule has 170 valence electrons. The summed E-state index contributed by atoms with van der Waals surface area (Å²) in [5, 5.41) is 12.0. The van der Waals surface area contributed by atoms with Crippen LogP contribution >= 0.6 is 27.5 Å². The van der Waals surface area contributed by atoms with Crippen LogP contribution < -0.4 is 14.8 Å². The Hall–Kier alpha value is -3.30. The third-order valence-corrected chi connectivity index (χ3v) is 5.84. The molecule has 0 aliphatic rings. The molecule has 1 N–H and O–H groups in total.